The molecule has 7 nitrogen and oxygen atoms in total. The van der Waals surface area contributed by atoms with Gasteiger partial charge in [0.15, 0.2) is 0 Å². The van der Waals surface area contributed by atoms with Crippen LogP contribution in [0, 0.1) is 0 Å². The lowest BCUT2D eigenvalue weighted by Gasteiger charge is -2.19. The van der Waals surface area contributed by atoms with Crippen molar-refractivity contribution >= 4 is 29.1 Å². The van der Waals surface area contributed by atoms with Crippen LogP contribution in [0.5, 0.6) is 5.75 Å². The summed E-state index contributed by atoms with van der Waals surface area (Å²) in [5, 5.41) is 8.02. The molecule has 0 radical (unpaired) electrons. The Balaban J connectivity index is 1.95. The molecular formula is C23H29N3O4. The molecule has 0 fully saturated rings. The number of ether oxygens (including phenoxy) is 1. The molecule has 2 rings (SSSR count). The first-order valence-electron chi connectivity index (χ1n) is 9.76. The Labute approximate surface area is 177 Å². The van der Waals surface area contributed by atoms with Gasteiger partial charge in [0.1, 0.15) is 12.4 Å². The second-order valence-electron chi connectivity index (χ2n) is 8.04. The topological polar surface area (TPSA) is 96.5 Å². The van der Waals surface area contributed by atoms with Gasteiger partial charge in [0, 0.05) is 30.8 Å². The predicted molar refractivity (Wildman–Crippen MR) is 118 cm³/mol. The Morgan fingerprint density at radius 2 is 1.40 bits per heavy atom. The van der Waals surface area contributed by atoms with Crippen molar-refractivity contribution in [3.05, 3.63) is 53.6 Å². The van der Waals surface area contributed by atoms with Gasteiger partial charge in [0.25, 0.3) is 5.91 Å². The molecule has 0 saturated carbocycles. The van der Waals surface area contributed by atoms with Crippen LogP contribution in [0.3, 0.4) is 0 Å². The minimum Gasteiger partial charge on any atom is -0.492 e. The molecule has 2 aromatic carbocycles. The SMILES string of the molecule is CC(=O)Nc1cc(NC(C)=O)cc(C(=O)NCCOc2ccc(C(C)(C)C)cc2)c1. The fourth-order valence-corrected chi connectivity index (χ4v) is 2.80. The minimum absolute atomic E-state index is 0.0778. The largest absolute Gasteiger partial charge is 0.492 e. The second-order valence-corrected chi connectivity index (χ2v) is 8.04. The van der Waals surface area contributed by atoms with Crippen molar-refractivity contribution in [1.82, 2.24) is 5.32 Å². The van der Waals surface area contributed by atoms with Crippen molar-refractivity contribution in [2.45, 2.75) is 40.0 Å². The van der Waals surface area contributed by atoms with E-state index in [0.717, 1.165) is 5.75 Å². The first-order valence-corrected chi connectivity index (χ1v) is 9.76. The summed E-state index contributed by atoms with van der Waals surface area (Å²) in [5.41, 5.74) is 2.47. The van der Waals surface area contributed by atoms with Crippen molar-refractivity contribution < 1.29 is 19.1 Å². The fourth-order valence-electron chi connectivity index (χ4n) is 2.80. The second kappa shape index (κ2) is 9.91. The average Bonchev–Trinajstić information content (AvgIpc) is 2.63. The normalized spacial score (nSPS) is 10.8. The molecule has 7 heteroatoms. The summed E-state index contributed by atoms with van der Waals surface area (Å²) < 4.78 is 5.68. The molecule has 0 spiro atoms. The highest BCUT2D eigenvalue weighted by molar-refractivity contribution is 5.99. The van der Waals surface area contributed by atoms with Gasteiger partial charge in [-0.15, -0.1) is 0 Å². The number of nitrogens with one attached hydrogen (secondary N) is 3. The van der Waals surface area contributed by atoms with Gasteiger partial charge in [0.05, 0.1) is 6.54 Å². The van der Waals surface area contributed by atoms with E-state index in [-0.39, 0.29) is 23.1 Å². The van der Waals surface area contributed by atoms with Gasteiger partial charge in [-0.1, -0.05) is 32.9 Å². The first kappa shape index (κ1) is 22.9. The van der Waals surface area contributed by atoms with Crippen LogP contribution in [0.4, 0.5) is 11.4 Å². The number of hydrogen-bond acceptors (Lipinski definition) is 4. The van der Waals surface area contributed by atoms with E-state index in [2.05, 4.69) is 36.7 Å². The van der Waals surface area contributed by atoms with E-state index < -0.39 is 0 Å². The summed E-state index contributed by atoms with van der Waals surface area (Å²) in [6.07, 6.45) is 0. The van der Waals surface area contributed by atoms with Gasteiger partial charge in [-0.3, -0.25) is 14.4 Å². The monoisotopic (exact) mass is 411 g/mol. The smallest absolute Gasteiger partial charge is 0.251 e. The van der Waals surface area contributed by atoms with Crippen LogP contribution < -0.4 is 20.7 Å². The Morgan fingerprint density at radius 3 is 1.87 bits per heavy atom. The van der Waals surface area contributed by atoms with E-state index in [1.54, 1.807) is 18.2 Å². The third kappa shape index (κ3) is 7.24. The third-order valence-electron chi connectivity index (χ3n) is 4.21. The van der Waals surface area contributed by atoms with Gasteiger partial charge in [-0.2, -0.15) is 0 Å². The molecule has 160 valence electrons. The molecule has 0 atom stereocenters. The fraction of sp³-hybridized carbons (Fsp3) is 0.348. The first-order chi connectivity index (χ1) is 14.0. The number of hydrogen-bond donors (Lipinski definition) is 3. The number of benzene rings is 2. The zero-order chi connectivity index (χ0) is 22.3. The summed E-state index contributed by atoms with van der Waals surface area (Å²) in [4.78, 5) is 35.2. The van der Waals surface area contributed by atoms with Crippen LogP contribution >= 0.6 is 0 Å². The standard InChI is InChI=1S/C23H29N3O4/c1-15(27)25-19-12-17(13-20(14-19)26-16(2)28)22(29)24-10-11-30-21-8-6-18(7-9-21)23(3,4)5/h6-9,12-14H,10-11H2,1-5H3,(H,24,29)(H,25,27)(H,26,28). The molecule has 0 aliphatic heterocycles. The molecule has 2 aromatic rings. The van der Waals surface area contributed by atoms with Gasteiger partial charge < -0.3 is 20.7 Å². The van der Waals surface area contributed by atoms with Crippen LogP contribution in [-0.2, 0) is 15.0 Å². The Bertz CT molecular complexity index is 881. The molecule has 0 heterocycles. The lowest BCUT2D eigenvalue weighted by Crippen LogP contribution is -2.28. The van der Waals surface area contributed by atoms with Gasteiger partial charge in [-0.05, 0) is 41.3 Å². The minimum atomic E-state index is -0.333. The highest BCUT2D eigenvalue weighted by Gasteiger charge is 2.13. The molecule has 0 aromatic heterocycles. The van der Waals surface area contributed by atoms with Crippen LogP contribution in [-0.4, -0.2) is 30.9 Å². The number of rotatable bonds is 7. The number of carbonyl (C=O) groups excluding carboxylic acids is 3. The maximum absolute atomic E-state index is 12.5. The van der Waals surface area contributed by atoms with Gasteiger partial charge in [0.2, 0.25) is 11.8 Å². The molecule has 30 heavy (non-hydrogen) atoms. The maximum Gasteiger partial charge on any atom is 0.251 e. The highest BCUT2D eigenvalue weighted by Crippen LogP contribution is 2.24. The van der Waals surface area contributed by atoms with Crippen LogP contribution in [0.25, 0.3) is 0 Å². The van der Waals surface area contributed by atoms with Gasteiger partial charge in [-0.25, -0.2) is 0 Å². The Morgan fingerprint density at radius 1 is 0.867 bits per heavy atom. The summed E-state index contributed by atoms with van der Waals surface area (Å²) in [6.45, 7) is 9.81. The summed E-state index contributed by atoms with van der Waals surface area (Å²) in [7, 11) is 0. The molecule has 0 unspecified atom stereocenters. The molecule has 0 aliphatic carbocycles. The molecule has 0 saturated heterocycles. The van der Waals surface area contributed by atoms with Crippen molar-refractivity contribution in [2.75, 3.05) is 23.8 Å². The van der Waals surface area contributed by atoms with E-state index in [9.17, 15) is 14.4 Å². The Hall–Kier alpha value is -3.35. The summed E-state index contributed by atoms with van der Waals surface area (Å²) >= 11 is 0. The van der Waals surface area contributed by atoms with Crippen molar-refractivity contribution in [3.8, 4) is 5.75 Å². The average molecular weight is 412 g/mol. The molecular weight excluding hydrogens is 382 g/mol. The summed E-state index contributed by atoms with van der Waals surface area (Å²) in [5.74, 6) is -0.141. The predicted octanol–water partition coefficient (Wildman–Crippen LogP) is 3.71. The molecule has 3 N–H and O–H groups in total. The van der Waals surface area contributed by atoms with Crippen LogP contribution in [0.15, 0.2) is 42.5 Å². The van der Waals surface area contributed by atoms with Gasteiger partial charge >= 0.3 is 0 Å². The number of carbonyl (C=O) groups is 3. The third-order valence-corrected chi connectivity index (χ3v) is 4.21. The summed E-state index contributed by atoms with van der Waals surface area (Å²) in [6, 6.07) is 12.6. The molecule has 0 aliphatic rings. The van der Waals surface area contributed by atoms with E-state index in [1.807, 2.05) is 24.3 Å². The maximum atomic E-state index is 12.5. The number of amides is 3. The lowest BCUT2D eigenvalue weighted by molar-refractivity contribution is -0.115. The van der Waals surface area contributed by atoms with Crippen molar-refractivity contribution in [3.63, 3.8) is 0 Å². The Kier molecular flexibility index (Phi) is 7.58. The highest BCUT2D eigenvalue weighted by atomic mass is 16.5. The zero-order valence-electron chi connectivity index (χ0n) is 18.1. The lowest BCUT2D eigenvalue weighted by atomic mass is 9.87. The number of anilines is 2. The van der Waals surface area contributed by atoms with E-state index in [0.29, 0.717) is 30.1 Å². The van der Waals surface area contributed by atoms with Crippen molar-refractivity contribution in [1.29, 1.82) is 0 Å². The van der Waals surface area contributed by atoms with E-state index in [1.165, 1.54) is 19.4 Å². The van der Waals surface area contributed by atoms with Crippen LogP contribution in [0.2, 0.25) is 0 Å². The molecule has 3 amide bonds. The van der Waals surface area contributed by atoms with Crippen LogP contribution in [0.1, 0.15) is 50.5 Å². The molecule has 0 bridgehead atoms. The van der Waals surface area contributed by atoms with Crippen molar-refractivity contribution in [2.24, 2.45) is 0 Å². The van der Waals surface area contributed by atoms with E-state index >= 15 is 0 Å². The quantitative estimate of drug-likeness (QED) is 0.605. The zero-order valence-corrected chi connectivity index (χ0v) is 18.1. The van der Waals surface area contributed by atoms with E-state index in [4.69, 9.17) is 4.74 Å².